The van der Waals surface area contributed by atoms with E-state index in [-0.39, 0.29) is 22.8 Å². The number of rotatable bonds is 9. The van der Waals surface area contributed by atoms with Gasteiger partial charge in [0.2, 0.25) is 15.9 Å². The van der Waals surface area contributed by atoms with E-state index in [1.807, 2.05) is 36.6 Å². The van der Waals surface area contributed by atoms with Crippen LogP contribution in [0.5, 0.6) is 0 Å². The molecule has 29 heavy (non-hydrogen) atoms. The highest BCUT2D eigenvalue weighted by Crippen LogP contribution is 2.30. The quantitative estimate of drug-likeness (QED) is 0.540. The first-order valence-electron chi connectivity index (χ1n) is 9.70. The monoisotopic (exact) mass is 434 g/mol. The maximum atomic E-state index is 13.1. The van der Waals surface area contributed by atoms with Gasteiger partial charge in [-0.2, -0.15) is 0 Å². The third kappa shape index (κ3) is 6.59. The molecule has 0 aromatic heterocycles. The summed E-state index contributed by atoms with van der Waals surface area (Å²) in [7, 11) is -3.77. The molecule has 0 heterocycles. The molecule has 0 aliphatic rings. The Bertz CT molecular complexity index is 926. The summed E-state index contributed by atoms with van der Waals surface area (Å²) in [6, 6.07) is 14.1. The fourth-order valence-corrected chi connectivity index (χ4v) is 4.69. The Morgan fingerprint density at radius 3 is 2.24 bits per heavy atom. The number of carbonyl (C=O) groups is 1. The molecule has 0 radical (unpaired) electrons. The highest BCUT2D eigenvalue weighted by Gasteiger charge is 2.23. The molecule has 5 nitrogen and oxygen atoms in total. The number of benzene rings is 2. The lowest BCUT2D eigenvalue weighted by Gasteiger charge is -2.21. The lowest BCUT2D eigenvalue weighted by molar-refractivity contribution is -0.118. The average Bonchev–Trinajstić information content (AvgIpc) is 2.67. The van der Waals surface area contributed by atoms with E-state index in [9.17, 15) is 13.2 Å². The van der Waals surface area contributed by atoms with Crippen LogP contribution in [-0.2, 0) is 14.8 Å². The van der Waals surface area contributed by atoms with Crippen LogP contribution in [0.1, 0.15) is 45.7 Å². The maximum Gasteiger partial charge on any atom is 0.241 e. The van der Waals surface area contributed by atoms with E-state index < -0.39 is 10.0 Å². The summed E-state index contributed by atoms with van der Waals surface area (Å²) in [5.74, 6) is -0.0240. The molecule has 2 aromatic carbocycles. The van der Waals surface area contributed by atoms with E-state index in [1.54, 1.807) is 26.0 Å². The predicted octanol–water partition coefficient (Wildman–Crippen LogP) is 5.07. The second kappa shape index (κ2) is 10.3. The minimum Gasteiger partial charge on any atom is -0.325 e. The van der Waals surface area contributed by atoms with Crippen molar-refractivity contribution in [3.8, 4) is 0 Å². The summed E-state index contributed by atoms with van der Waals surface area (Å²) in [5.41, 5.74) is 1.44. The van der Waals surface area contributed by atoms with Crippen LogP contribution in [-0.4, -0.2) is 20.6 Å². The van der Waals surface area contributed by atoms with E-state index >= 15 is 0 Å². The summed E-state index contributed by atoms with van der Waals surface area (Å²) in [6.45, 7) is 7.73. The van der Waals surface area contributed by atoms with Crippen LogP contribution in [0, 0.1) is 11.8 Å². The molecule has 0 bridgehead atoms. The first-order chi connectivity index (χ1) is 13.6. The van der Waals surface area contributed by atoms with Crippen molar-refractivity contribution < 1.29 is 13.2 Å². The number of hydrogen-bond donors (Lipinski definition) is 2. The van der Waals surface area contributed by atoms with Crippen molar-refractivity contribution in [2.24, 2.45) is 11.8 Å². The van der Waals surface area contributed by atoms with Crippen molar-refractivity contribution in [1.82, 2.24) is 4.72 Å². The fourth-order valence-electron chi connectivity index (χ4n) is 2.89. The maximum absolute atomic E-state index is 13.1. The van der Waals surface area contributed by atoms with Gasteiger partial charge in [-0.15, -0.1) is 11.8 Å². The van der Waals surface area contributed by atoms with E-state index in [0.717, 1.165) is 10.5 Å². The third-order valence-electron chi connectivity index (χ3n) is 4.47. The molecular formula is C22H30N2O3S2. The third-order valence-corrected chi connectivity index (χ3v) is 6.74. The second-order valence-corrected chi connectivity index (χ2v) is 10.3. The van der Waals surface area contributed by atoms with Gasteiger partial charge >= 0.3 is 0 Å². The summed E-state index contributed by atoms with van der Waals surface area (Å²) in [5, 5.41) is 2.84. The Labute approximate surface area is 178 Å². The van der Waals surface area contributed by atoms with Gasteiger partial charge in [-0.3, -0.25) is 4.79 Å². The summed E-state index contributed by atoms with van der Waals surface area (Å²) in [6.07, 6.45) is 2.57. The number of sulfonamides is 1. The van der Waals surface area contributed by atoms with Crippen LogP contribution in [0.15, 0.2) is 58.3 Å². The van der Waals surface area contributed by atoms with Gasteiger partial charge in [0.25, 0.3) is 0 Å². The molecule has 0 spiro atoms. The summed E-state index contributed by atoms with van der Waals surface area (Å²) < 4.78 is 29.1. The van der Waals surface area contributed by atoms with Crippen molar-refractivity contribution in [3.63, 3.8) is 0 Å². The Hall–Kier alpha value is -1.83. The predicted molar refractivity (Wildman–Crippen MR) is 121 cm³/mol. The van der Waals surface area contributed by atoms with Crippen molar-refractivity contribution >= 4 is 33.4 Å². The highest BCUT2D eigenvalue weighted by atomic mass is 32.2. The lowest BCUT2D eigenvalue weighted by atomic mass is 9.98. The zero-order chi connectivity index (χ0) is 21.6. The van der Waals surface area contributed by atoms with Crippen LogP contribution < -0.4 is 10.0 Å². The second-order valence-electron chi connectivity index (χ2n) is 7.72. The van der Waals surface area contributed by atoms with Gasteiger partial charge in [0, 0.05) is 16.9 Å². The van der Waals surface area contributed by atoms with Gasteiger partial charge in [-0.05, 0) is 42.4 Å². The average molecular weight is 435 g/mol. The van der Waals surface area contributed by atoms with Crippen molar-refractivity contribution in [2.45, 2.75) is 49.9 Å². The first kappa shape index (κ1) is 23.4. The number of hydrogen-bond acceptors (Lipinski definition) is 4. The van der Waals surface area contributed by atoms with Crippen LogP contribution >= 0.6 is 11.8 Å². The van der Waals surface area contributed by atoms with Gasteiger partial charge in [-0.1, -0.05) is 58.0 Å². The standard InChI is InChI=1S/C22H30N2O3S2/c1-15(2)13-19(17-9-7-6-8-10-17)24-29(26,27)18-11-12-21(28-5)20(14-18)23-22(25)16(3)4/h6-12,14-16,19,24H,13H2,1-5H3,(H,23,25)/t19-/m1/s1. The molecule has 2 N–H and O–H groups in total. The van der Waals surface area contributed by atoms with Gasteiger partial charge in [0.15, 0.2) is 0 Å². The van der Waals surface area contributed by atoms with Crippen molar-refractivity contribution in [3.05, 3.63) is 54.1 Å². The first-order valence-corrected chi connectivity index (χ1v) is 12.4. The Kier molecular flexibility index (Phi) is 8.31. The summed E-state index contributed by atoms with van der Waals surface area (Å²) >= 11 is 1.46. The molecule has 0 aliphatic carbocycles. The SMILES string of the molecule is CSc1ccc(S(=O)(=O)N[C@H](CC(C)C)c2ccccc2)cc1NC(=O)C(C)C. The van der Waals surface area contributed by atoms with E-state index in [0.29, 0.717) is 18.0 Å². The van der Waals surface area contributed by atoms with E-state index in [2.05, 4.69) is 23.9 Å². The van der Waals surface area contributed by atoms with Gasteiger partial charge in [-0.25, -0.2) is 13.1 Å². The van der Waals surface area contributed by atoms with E-state index in [4.69, 9.17) is 0 Å². The van der Waals surface area contributed by atoms with Crippen LogP contribution in [0.25, 0.3) is 0 Å². The smallest absolute Gasteiger partial charge is 0.241 e. The molecule has 1 atom stereocenters. The molecule has 0 saturated carbocycles. The van der Waals surface area contributed by atoms with Crippen LogP contribution in [0.3, 0.4) is 0 Å². The Morgan fingerprint density at radius 2 is 1.69 bits per heavy atom. The number of thioether (sulfide) groups is 1. The molecule has 7 heteroatoms. The molecule has 158 valence electrons. The molecule has 0 unspecified atom stereocenters. The fraction of sp³-hybridized carbons (Fsp3) is 0.409. The molecule has 1 amide bonds. The number of amides is 1. The Balaban J connectivity index is 2.36. The minimum atomic E-state index is -3.77. The molecule has 0 saturated heterocycles. The molecule has 0 aliphatic heterocycles. The van der Waals surface area contributed by atoms with Crippen LogP contribution in [0.2, 0.25) is 0 Å². The van der Waals surface area contributed by atoms with Crippen molar-refractivity contribution in [1.29, 1.82) is 0 Å². The number of carbonyl (C=O) groups excluding carboxylic acids is 1. The zero-order valence-electron chi connectivity index (χ0n) is 17.6. The van der Waals surface area contributed by atoms with Crippen molar-refractivity contribution in [2.75, 3.05) is 11.6 Å². The molecule has 2 aromatic rings. The zero-order valence-corrected chi connectivity index (χ0v) is 19.2. The topological polar surface area (TPSA) is 75.3 Å². The lowest BCUT2D eigenvalue weighted by Crippen LogP contribution is -2.30. The van der Waals surface area contributed by atoms with Gasteiger partial charge in [0.05, 0.1) is 10.6 Å². The van der Waals surface area contributed by atoms with Crippen LogP contribution in [0.4, 0.5) is 5.69 Å². The molecular weight excluding hydrogens is 404 g/mol. The summed E-state index contributed by atoms with van der Waals surface area (Å²) in [4.78, 5) is 13.1. The van der Waals surface area contributed by atoms with Gasteiger partial charge in [0.1, 0.15) is 0 Å². The number of anilines is 1. The molecule has 2 rings (SSSR count). The Morgan fingerprint density at radius 1 is 1.03 bits per heavy atom. The molecule has 0 fully saturated rings. The largest absolute Gasteiger partial charge is 0.325 e. The highest BCUT2D eigenvalue weighted by molar-refractivity contribution is 7.98. The van der Waals surface area contributed by atoms with E-state index in [1.165, 1.54) is 17.8 Å². The number of nitrogens with one attached hydrogen (secondary N) is 2. The normalized spacial score (nSPS) is 12.9. The minimum absolute atomic E-state index is 0.138. The van der Waals surface area contributed by atoms with Gasteiger partial charge < -0.3 is 5.32 Å².